The molecule has 1 heterocycles. The smallest absolute Gasteiger partial charge is 0.668 e. The molecule has 0 N–H and O–H groups in total. The fourth-order valence-electron chi connectivity index (χ4n) is 0.411. The molecule has 0 saturated carbocycles. The Kier molecular flexibility index (Phi) is 4.38. The normalized spacial score (nSPS) is 17.1. The number of hydrogen-bond donors (Lipinski definition) is 0. The maximum atomic E-state index is 4.76. The van der Waals surface area contributed by atoms with Crippen molar-refractivity contribution < 1.29 is 23.6 Å². The average molecular weight is 90.1 g/mol. The Hall–Kier alpha value is 0.137. The Morgan fingerprint density at radius 2 is 2.43 bits per heavy atom. The summed E-state index contributed by atoms with van der Waals surface area (Å²) in [6.07, 6.45) is 5.93. The Morgan fingerprint density at radius 3 is 2.57 bits per heavy atom. The molecule has 34 valence electrons. The van der Waals surface area contributed by atoms with Crippen molar-refractivity contribution in [2.24, 2.45) is 0 Å². The zero-order chi connectivity index (χ0) is 4.24. The molecule has 0 aromatic carbocycles. The third-order valence-electron chi connectivity index (χ3n) is 0.722. The number of rotatable bonds is 0. The van der Waals surface area contributed by atoms with Gasteiger partial charge in [0.25, 0.3) is 0 Å². The molecule has 1 rings (SSSR count). The van der Waals surface area contributed by atoms with Crippen LogP contribution in [-0.4, -0.2) is 0 Å². The molecule has 0 amide bonds. The van der Waals surface area contributed by atoms with Crippen molar-refractivity contribution in [3.05, 3.63) is 18.9 Å². The molecule has 0 saturated heterocycles. The Bertz CT molecular complexity index is 53.1. The van der Waals surface area contributed by atoms with Crippen LogP contribution in [0.15, 0.2) is 12.3 Å². The first kappa shape index (κ1) is 7.14. The van der Waals surface area contributed by atoms with Gasteiger partial charge in [0, 0.05) is 6.26 Å². The topological polar surface area (TPSA) is 9.23 Å². The monoisotopic (exact) mass is 90.1 g/mol. The quantitative estimate of drug-likeness (QED) is 0.259. The van der Waals surface area contributed by atoms with Crippen LogP contribution in [0, 0.1) is 6.61 Å². The third kappa shape index (κ3) is 2.79. The van der Waals surface area contributed by atoms with Crippen molar-refractivity contribution in [2.75, 3.05) is 0 Å². The molecule has 0 aliphatic carbocycles. The molecule has 0 bridgehead atoms. The number of allylic oxidation sites excluding steroid dienone is 1. The van der Waals surface area contributed by atoms with Gasteiger partial charge < -0.3 is 4.74 Å². The SMILES string of the molecule is C1=CO[CH-]CC1.[Li+]. The van der Waals surface area contributed by atoms with Crippen molar-refractivity contribution >= 4 is 0 Å². The number of hydrogen-bond acceptors (Lipinski definition) is 1. The van der Waals surface area contributed by atoms with E-state index in [0.717, 1.165) is 12.8 Å². The summed E-state index contributed by atoms with van der Waals surface area (Å²) >= 11 is 0. The summed E-state index contributed by atoms with van der Waals surface area (Å²) in [4.78, 5) is 0. The van der Waals surface area contributed by atoms with Crippen molar-refractivity contribution in [2.45, 2.75) is 12.8 Å². The van der Waals surface area contributed by atoms with E-state index < -0.39 is 0 Å². The summed E-state index contributed by atoms with van der Waals surface area (Å²) in [7, 11) is 0. The summed E-state index contributed by atoms with van der Waals surface area (Å²) in [5, 5.41) is 0. The molecular formula is C5H7LiO. The van der Waals surface area contributed by atoms with E-state index in [2.05, 4.69) is 0 Å². The zero-order valence-electron chi connectivity index (χ0n) is 4.55. The summed E-state index contributed by atoms with van der Waals surface area (Å²) in [5.74, 6) is 0. The van der Waals surface area contributed by atoms with Crippen LogP contribution < -0.4 is 18.9 Å². The van der Waals surface area contributed by atoms with E-state index in [9.17, 15) is 0 Å². The molecule has 2 heteroatoms. The molecule has 0 atom stereocenters. The Balaban J connectivity index is 0.000000360. The van der Waals surface area contributed by atoms with Crippen LogP contribution in [0.3, 0.4) is 0 Å². The van der Waals surface area contributed by atoms with Crippen molar-refractivity contribution in [1.82, 2.24) is 0 Å². The van der Waals surface area contributed by atoms with Crippen LogP contribution in [-0.2, 0) is 4.74 Å². The first-order chi connectivity index (χ1) is 3.00. The summed E-state index contributed by atoms with van der Waals surface area (Å²) in [5.41, 5.74) is 0. The van der Waals surface area contributed by atoms with Crippen molar-refractivity contribution in [1.29, 1.82) is 0 Å². The molecule has 0 unspecified atom stereocenters. The fraction of sp³-hybridized carbons (Fsp3) is 0.400. The van der Waals surface area contributed by atoms with Crippen LogP contribution in [0.1, 0.15) is 12.8 Å². The van der Waals surface area contributed by atoms with Crippen LogP contribution in [0.25, 0.3) is 0 Å². The zero-order valence-corrected chi connectivity index (χ0v) is 4.55. The molecule has 0 aromatic heterocycles. The van der Waals surface area contributed by atoms with Gasteiger partial charge in [-0.3, -0.25) is 0 Å². The van der Waals surface area contributed by atoms with Gasteiger partial charge >= 0.3 is 18.9 Å². The van der Waals surface area contributed by atoms with Gasteiger partial charge in [0.05, 0.1) is 0 Å². The maximum Gasteiger partial charge on any atom is 1.00 e. The molecule has 1 aliphatic rings. The van der Waals surface area contributed by atoms with Gasteiger partial charge in [0.15, 0.2) is 0 Å². The van der Waals surface area contributed by atoms with E-state index in [1.807, 2.05) is 6.08 Å². The second-order valence-corrected chi connectivity index (χ2v) is 1.25. The predicted molar refractivity (Wildman–Crippen MR) is 23.8 cm³/mol. The minimum atomic E-state index is 0. The molecular weight excluding hydrogens is 83.0 g/mol. The third-order valence-corrected chi connectivity index (χ3v) is 0.722. The van der Waals surface area contributed by atoms with Crippen LogP contribution in [0.4, 0.5) is 0 Å². The summed E-state index contributed by atoms with van der Waals surface area (Å²) in [6.45, 7) is 1.81. The van der Waals surface area contributed by atoms with Gasteiger partial charge in [0.2, 0.25) is 0 Å². The fourth-order valence-corrected chi connectivity index (χ4v) is 0.411. The first-order valence-electron chi connectivity index (χ1n) is 2.12. The van der Waals surface area contributed by atoms with Gasteiger partial charge in [-0.15, -0.1) is 6.42 Å². The van der Waals surface area contributed by atoms with E-state index in [4.69, 9.17) is 4.74 Å². The van der Waals surface area contributed by atoms with Crippen LogP contribution in [0.5, 0.6) is 0 Å². The van der Waals surface area contributed by atoms with Crippen molar-refractivity contribution in [3.63, 3.8) is 0 Å². The predicted octanol–water partition coefficient (Wildman–Crippen LogP) is -1.52. The van der Waals surface area contributed by atoms with Gasteiger partial charge in [-0.05, 0) is 0 Å². The second-order valence-electron chi connectivity index (χ2n) is 1.25. The molecule has 1 aliphatic heterocycles. The van der Waals surface area contributed by atoms with Crippen LogP contribution in [0.2, 0.25) is 0 Å². The van der Waals surface area contributed by atoms with E-state index >= 15 is 0 Å². The standard InChI is InChI=1S/C5H7O.Li/c1-2-4-6-5-3-1;/h2,4-5H,1,3H2;/q-1;+1. The minimum absolute atomic E-state index is 0. The maximum absolute atomic E-state index is 4.76. The second kappa shape index (κ2) is 4.30. The molecule has 0 fully saturated rings. The van der Waals surface area contributed by atoms with E-state index in [-0.39, 0.29) is 18.9 Å². The van der Waals surface area contributed by atoms with Gasteiger partial charge in [0.1, 0.15) is 0 Å². The molecule has 0 aromatic rings. The Labute approximate surface area is 55.9 Å². The average Bonchev–Trinajstić information content (AvgIpc) is 1.72. The molecule has 1 nitrogen and oxygen atoms in total. The Morgan fingerprint density at radius 1 is 1.57 bits per heavy atom. The minimum Gasteiger partial charge on any atom is -0.668 e. The van der Waals surface area contributed by atoms with E-state index in [0.29, 0.717) is 0 Å². The molecule has 7 heavy (non-hydrogen) atoms. The first-order valence-corrected chi connectivity index (χ1v) is 2.12. The van der Waals surface area contributed by atoms with Gasteiger partial charge in [-0.1, -0.05) is 12.5 Å². The summed E-state index contributed by atoms with van der Waals surface area (Å²) < 4.78 is 4.76. The van der Waals surface area contributed by atoms with Crippen LogP contribution >= 0.6 is 0 Å². The van der Waals surface area contributed by atoms with Gasteiger partial charge in [-0.25, -0.2) is 0 Å². The van der Waals surface area contributed by atoms with Gasteiger partial charge in [-0.2, -0.15) is 6.61 Å². The van der Waals surface area contributed by atoms with E-state index in [1.54, 1.807) is 12.9 Å². The van der Waals surface area contributed by atoms with Crippen molar-refractivity contribution in [3.8, 4) is 0 Å². The summed E-state index contributed by atoms with van der Waals surface area (Å²) in [6, 6.07) is 0. The van der Waals surface area contributed by atoms with E-state index in [1.165, 1.54) is 0 Å². The molecule has 0 radical (unpaired) electrons. The largest absolute Gasteiger partial charge is 1.00 e. The number of ether oxygens (including phenoxy) is 1. The molecule has 0 spiro atoms.